The lowest BCUT2D eigenvalue weighted by Gasteiger charge is -2.11. The fraction of sp³-hybridized carbons (Fsp3) is 0.381. The van der Waals surface area contributed by atoms with Gasteiger partial charge < -0.3 is 4.74 Å². The number of unbranched alkanes of at least 4 members (excludes halogenated alkanes) is 1. The first-order chi connectivity index (χ1) is 12.5. The predicted molar refractivity (Wildman–Crippen MR) is 105 cm³/mol. The van der Waals surface area contributed by atoms with E-state index in [2.05, 4.69) is 42.0 Å². The Kier molecular flexibility index (Phi) is 10.3. The molecule has 1 unspecified atom stereocenters. The standard InChI is InChI=1S/C11H14O4S.C10H14/c1-10(7-8-15-9-12)16(13,14)11-5-3-2-4-6-11;1-2-3-7-10-8-5-4-6-9-10/h2-6,9-10H,7-8H2,1H3;4-6,8-9H,2-3,7H2,1H3. The summed E-state index contributed by atoms with van der Waals surface area (Å²) in [5, 5.41) is -0.560. The van der Waals surface area contributed by atoms with Crippen LogP contribution in [-0.4, -0.2) is 26.7 Å². The highest BCUT2D eigenvalue weighted by molar-refractivity contribution is 7.92. The normalized spacial score (nSPS) is 11.8. The summed E-state index contributed by atoms with van der Waals surface area (Å²) < 4.78 is 28.5. The molecule has 1 atom stereocenters. The van der Waals surface area contributed by atoms with Gasteiger partial charge in [0.25, 0.3) is 6.47 Å². The Morgan fingerprint density at radius 2 is 1.58 bits per heavy atom. The van der Waals surface area contributed by atoms with Crippen molar-refractivity contribution in [2.24, 2.45) is 0 Å². The molecule has 0 aromatic heterocycles. The molecule has 5 heteroatoms. The van der Waals surface area contributed by atoms with Crippen LogP contribution in [0.15, 0.2) is 65.6 Å². The van der Waals surface area contributed by atoms with E-state index in [9.17, 15) is 13.2 Å². The average Bonchev–Trinajstić information content (AvgIpc) is 2.68. The van der Waals surface area contributed by atoms with Gasteiger partial charge >= 0.3 is 0 Å². The number of aryl methyl sites for hydroxylation is 1. The summed E-state index contributed by atoms with van der Waals surface area (Å²) in [5.41, 5.74) is 1.46. The first kappa shape index (κ1) is 21.9. The van der Waals surface area contributed by atoms with Crippen LogP contribution in [0.5, 0.6) is 0 Å². The third-order valence-electron chi connectivity index (χ3n) is 3.97. The lowest BCUT2D eigenvalue weighted by molar-refractivity contribution is -0.128. The zero-order chi connectivity index (χ0) is 19.3. The minimum absolute atomic E-state index is 0.122. The largest absolute Gasteiger partial charge is 0.468 e. The number of ether oxygens (including phenoxy) is 1. The number of rotatable bonds is 9. The lowest BCUT2D eigenvalue weighted by atomic mass is 10.1. The molecule has 0 bridgehead atoms. The molecular formula is C21H28O4S. The van der Waals surface area contributed by atoms with Gasteiger partial charge in [-0.05, 0) is 43.9 Å². The fourth-order valence-electron chi connectivity index (χ4n) is 2.31. The van der Waals surface area contributed by atoms with Crippen molar-refractivity contribution < 1.29 is 17.9 Å². The van der Waals surface area contributed by atoms with Gasteiger partial charge in [-0.15, -0.1) is 0 Å². The average molecular weight is 377 g/mol. The fourth-order valence-corrected chi connectivity index (χ4v) is 3.71. The lowest BCUT2D eigenvalue weighted by Crippen LogP contribution is -2.19. The summed E-state index contributed by atoms with van der Waals surface area (Å²) in [4.78, 5) is 10.2. The maximum Gasteiger partial charge on any atom is 0.293 e. The highest BCUT2D eigenvalue weighted by Gasteiger charge is 2.22. The van der Waals surface area contributed by atoms with Gasteiger partial charge in [0.05, 0.1) is 16.8 Å². The van der Waals surface area contributed by atoms with E-state index in [1.165, 1.54) is 24.8 Å². The third kappa shape index (κ3) is 7.83. The quantitative estimate of drug-likeness (QED) is 0.479. The Hall–Kier alpha value is -2.14. The van der Waals surface area contributed by atoms with Crippen molar-refractivity contribution in [1.82, 2.24) is 0 Å². The van der Waals surface area contributed by atoms with Crippen LogP contribution in [0.4, 0.5) is 0 Å². The number of carbonyl (C=O) groups excluding carboxylic acids is 1. The van der Waals surface area contributed by atoms with Crippen molar-refractivity contribution in [3.8, 4) is 0 Å². The first-order valence-corrected chi connectivity index (χ1v) is 10.4. The van der Waals surface area contributed by atoms with Crippen molar-refractivity contribution in [3.63, 3.8) is 0 Å². The van der Waals surface area contributed by atoms with E-state index in [-0.39, 0.29) is 6.61 Å². The van der Waals surface area contributed by atoms with Gasteiger partial charge in [-0.3, -0.25) is 4.79 Å². The van der Waals surface area contributed by atoms with E-state index < -0.39 is 15.1 Å². The van der Waals surface area contributed by atoms with Gasteiger partial charge in [-0.2, -0.15) is 0 Å². The summed E-state index contributed by atoms with van der Waals surface area (Å²) in [7, 11) is -3.32. The summed E-state index contributed by atoms with van der Waals surface area (Å²) in [6, 6.07) is 18.9. The van der Waals surface area contributed by atoms with Crippen molar-refractivity contribution in [3.05, 3.63) is 66.2 Å². The second-order valence-electron chi connectivity index (χ2n) is 6.01. The number of benzene rings is 2. The molecule has 0 N–H and O–H groups in total. The Morgan fingerprint density at radius 1 is 1.00 bits per heavy atom. The van der Waals surface area contributed by atoms with Crippen LogP contribution in [0.2, 0.25) is 0 Å². The molecule has 0 heterocycles. The molecule has 0 saturated carbocycles. The Balaban J connectivity index is 0.000000289. The Bertz CT molecular complexity index is 712. The second-order valence-corrected chi connectivity index (χ2v) is 8.38. The second kappa shape index (κ2) is 12.3. The van der Waals surface area contributed by atoms with Crippen LogP contribution in [0.25, 0.3) is 0 Å². The SMILES string of the molecule is CC(CCOC=O)S(=O)(=O)c1ccccc1.CCCCc1ccccc1. The highest BCUT2D eigenvalue weighted by atomic mass is 32.2. The van der Waals surface area contributed by atoms with Crippen molar-refractivity contribution in [1.29, 1.82) is 0 Å². The molecule has 2 aromatic carbocycles. The summed E-state index contributed by atoms with van der Waals surface area (Å²) >= 11 is 0. The molecule has 0 aliphatic carbocycles. The molecule has 2 rings (SSSR count). The van der Waals surface area contributed by atoms with Crippen LogP contribution in [-0.2, 0) is 25.8 Å². The third-order valence-corrected chi connectivity index (χ3v) is 6.20. The molecule has 0 radical (unpaired) electrons. The van der Waals surface area contributed by atoms with Crippen LogP contribution >= 0.6 is 0 Å². The molecule has 0 aliphatic rings. The summed E-state index contributed by atoms with van der Waals surface area (Å²) in [5.74, 6) is 0. The number of hydrogen-bond donors (Lipinski definition) is 0. The molecule has 0 saturated heterocycles. The molecule has 0 aliphatic heterocycles. The topological polar surface area (TPSA) is 60.4 Å². The molecule has 0 fully saturated rings. The minimum atomic E-state index is -3.32. The highest BCUT2D eigenvalue weighted by Crippen LogP contribution is 2.17. The number of carbonyl (C=O) groups is 1. The van der Waals surface area contributed by atoms with Crippen LogP contribution in [0.1, 0.15) is 38.7 Å². The molecule has 142 valence electrons. The van der Waals surface area contributed by atoms with E-state index in [1.54, 1.807) is 37.3 Å². The predicted octanol–water partition coefficient (Wildman–Crippen LogP) is 4.44. The summed E-state index contributed by atoms with van der Waals surface area (Å²) in [6.07, 6.45) is 4.13. The number of hydrogen-bond acceptors (Lipinski definition) is 4. The smallest absolute Gasteiger partial charge is 0.293 e. The minimum Gasteiger partial charge on any atom is -0.468 e. The maximum absolute atomic E-state index is 12.0. The van der Waals surface area contributed by atoms with E-state index >= 15 is 0 Å². The molecule has 0 spiro atoms. The monoisotopic (exact) mass is 376 g/mol. The van der Waals surface area contributed by atoms with Gasteiger partial charge in [0.15, 0.2) is 9.84 Å². The van der Waals surface area contributed by atoms with E-state index in [0.717, 1.165) is 0 Å². The molecular weight excluding hydrogens is 348 g/mol. The van der Waals surface area contributed by atoms with Gasteiger partial charge in [0.2, 0.25) is 0 Å². The van der Waals surface area contributed by atoms with Gasteiger partial charge in [0.1, 0.15) is 0 Å². The van der Waals surface area contributed by atoms with Crippen molar-refractivity contribution >= 4 is 16.3 Å². The van der Waals surface area contributed by atoms with E-state index in [0.29, 0.717) is 17.8 Å². The zero-order valence-electron chi connectivity index (χ0n) is 15.5. The zero-order valence-corrected chi connectivity index (χ0v) is 16.3. The molecule has 4 nitrogen and oxygen atoms in total. The first-order valence-electron chi connectivity index (χ1n) is 8.90. The Labute approximate surface area is 157 Å². The number of sulfone groups is 1. The molecule has 2 aromatic rings. The van der Waals surface area contributed by atoms with Crippen LogP contribution in [0.3, 0.4) is 0 Å². The van der Waals surface area contributed by atoms with Crippen molar-refractivity contribution in [2.75, 3.05) is 6.61 Å². The molecule has 26 heavy (non-hydrogen) atoms. The van der Waals surface area contributed by atoms with Crippen LogP contribution in [0, 0.1) is 0 Å². The van der Waals surface area contributed by atoms with Gasteiger partial charge in [0, 0.05) is 0 Å². The summed E-state index contributed by atoms with van der Waals surface area (Å²) in [6.45, 7) is 4.28. The van der Waals surface area contributed by atoms with Crippen LogP contribution < -0.4 is 0 Å². The van der Waals surface area contributed by atoms with Gasteiger partial charge in [-0.1, -0.05) is 61.9 Å². The maximum atomic E-state index is 12.0. The van der Waals surface area contributed by atoms with Gasteiger partial charge in [-0.25, -0.2) is 8.42 Å². The van der Waals surface area contributed by atoms with E-state index in [4.69, 9.17) is 0 Å². The van der Waals surface area contributed by atoms with Crippen molar-refractivity contribution in [2.45, 2.75) is 49.7 Å². The molecule has 0 amide bonds. The van der Waals surface area contributed by atoms with E-state index in [1.807, 2.05) is 0 Å². The Morgan fingerprint density at radius 3 is 2.12 bits per heavy atom.